The first-order chi connectivity index (χ1) is 9.61. The van der Waals surface area contributed by atoms with Crippen LogP contribution in [0.4, 0.5) is 8.78 Å². The summed E-state index contributed by atoms with van der Waals surface area (Å²) in [5, 5.41) is 0. The van der Waals surface area contributed by atoms with Crippen LogP contribution in [-0.2, 0) is 16.1 Å². The molecule has 20 heavy (non-hydrogen) atoms. The molecule has 0 spiro atoms. The van der Waals surface area contributed by atoms with Crippen molar-refractivity contribution in [1.29, 1.82) is 0 Å². The molecule has 0 atom stereocenters. The Bertz CT molecular complexity index is 443. The van der Waals surface area contributed by atoms with Gasteiger partial charge in [-0.25, -0.2) is 4.98 Å². The maximum atomic E-state index is 12.7. The zero-order chi connectivity index (χ0) is 14.5. The lowest BCUT2D eigenvalue weighted by molar-refractivity contribution is -0.149. The van der Waals surface area contributed by atoms with E-state index < -0.39 is 6.55 Å². The minimum atomic E-state index is -2.57. The fourth-order valence-corrected chi connectivity index (χ4v) is 2.43. The molecule has 0 radical (unpaired) electrons. The Labute approximate surface area is 116 Å². The number of ether oxygens (including phenoxy) is 1. The molecule has 0 aliphatic carbocycles. The molecule has 5 nitrogen and oxygen atoms in total. The van der Waals surface area contributed by atoms with Gasteiger partial charge in [0.15, 0.2) is 0 Å². The largest absolute Gasteiger partial charge is 0.466 e. The first kappa shape index (κ1) is 14.9. The average molecular weight is 287 g/mol. The van der Waals surface area contributed by atoms with E-state index in [9.17, 15) is 13.6 Å². The Morgan fingerprint density at radius 2 is 2.20 bits per heavy atom. The van der Waals surface area contributed by atoms with Crippen LogP contribution in [-0.4, -0.2) is 40.1 Å². The monoisotopic (exact) mass is 287 g/mol. The molecule has 0 bridgehead atoms. The number of carbonyl (C=O) groups is 1. The number of piperidine rings is 1. The second kappa shape index (κ2) is 6.78. The van der Waals surface area contributed by atoms with Gasteiger partial charge in [-0.1, -0.05) is 0 Å². The molecule has 1 saturated heterocycles. The lowest BCUT2D eigenvalue weighted by atomic mass is 9.97. The van der Waals surface area contributed by atoms with E-state index in [4.69, 9.17) is 4.74 Å². The van der Waals surface area contributed by atoms with Gasteiger partial charge in [-0.15, -0.1) is 0 Å². The fourth-order valence-electron chi connectivity index (χ4n) is 2.43. The highest BCUT2D eigenvalue weighted by atomic mass is 19.3. The summed E-state index contributed by atoms with van der Waals surface area (Å²) in [6.45, 7) is 1.39. The number of alkyl halides is 2. The van der Waals surface area contributed by atoms with Gasteiger partial charge in [0, 0.05) is 12.4 Å². The number of aromatic nitrogens is 2. The van der Waals surface area contributed by atoms with Crippen molar-refractivity contribution in [2.24, 2.45) is 5.92 Å². The van der Waals surface area contributed by atoms with E-state index in [0.29, 0.717) is 44.9 Å². The van der Waals surface area contributed by atoms with Crippen molar-refractivity contribution in [3.8, 4) is 0 Å². The Kier molecular flexibility index (Phi) is 5.05. The molecule has 112 valence electrons. The third-order valence-electron chi connectivity index (χ3n) is 3.53. The van der Waals surface area contributed by atoms with Crippen molar-refractivity contribution >= 4 is 5.97 Å². The number of rotatable bonds is 5. The van der Waals surface area contributed by atoms with Gasteiger partial charge < -0.3 is 4.74 Å². The van der Waals surface area contributed by atoms with Gasteiger partial charge in [-0.3, -0.25) is 14.3 Å². The molecule has 0 amide bonds. The van der Waals surface area contributed by atoms with Crippen molar-refractivity contribution in [3.05, 3.63) is 18.2 Å². The van der Waals surface area contributed by atoms with Gasteiger partial charge in [0.25, 0.3) is 0 Å². The van der Waals surface area contributed by atoms with E-state index in [0.717, 1.165) is 4.57 Å². The Balaban J connectivity index is 1.85. The standard InChI is InChI=1S/C13H19F2N3O2/c1-2-20-12(19)10-3-6-17(7-4-10)9-11-16-5-8-18(11)13(14)15/h5,8,10,13H,2-4,6-7,9H2,1H3. The third kappa shape index (κ3) is 3.53. The fraction of sp³-hybridized carbons (Fsp3) is 0.692. The average Bonchev–Trinajstić information content (AvgIpc) is 2.88. The Hall–Kier alpha value is -1.50. The van der Waals surface area contributed by atoms with Crippen LogP contribution in [0.25, 0.3) is 0 Å². The molecule has 0 saturated carbocycles. The molecule has 0 aromatic carbocycles. The summed E-state index contributed by atoms with van der Waals surface area (Å²) in [5.41, 5.74) is 0. The van der Waals surface area contributed by atoms with E-state index >= 15 is 0 Å². The lowest BCUT2D eigenvalue weighted by Crippen LogP contribution is -2.37. The van der Waals surface area contributed by atoms with Crippen LogP contribution in [0.1, 0.15) is 32.1 Å². The molecule has 1 aromatic rings. The highest BCUT2D eigenvalue weighted by Gasteiger charge is 2.26. The van der Waals surface area contributed by atoms with E-state index in [1.807, 2.05) is 4.90 Å². The number of hydrogen-bond acceptors (Lipinski definition) is 4. The maximum absolute atomic E-state index is 12.7. The maximum Gasteiger partial charge on any atom is 0.319 e. The predicted octanol–water partition coefficient (Wildman–Crippen LogP) is 2.05. The van der Waals surface area contributed by atoms with Crippen LogP contribution >= 0.6 is 0 Å². The molecule has 0 N–H and O–H groups in total. The molecule has 2 rings (SSSR count). The molecular formula is C13H19F2N3O2. The Morgan fingerprint density at radius 3 is 2.80 bits per heavy atom. The van der Waals surface area contributed by atoms with E-state index in [-0.39, 0.29) is 11.9 Å². The smallest absolute Gasteiger partial charge is 0.319 e. The van der Waals surface area contributed by atoms with Crippen molar-refractivity contribution in [2.75, 3.05) is 19.7 Å². The minimum Gasteiger partial charge on any atom is -0.466 e. The van der Waals surface area contributed by atoms with E-state index in [2.05, 4.69) is 4.98 Å². The van der Waals surface area contributed by atoms with Crippen LogP contribution in [0.5, 0.6) is 0 Å². The van der Waals surface area contributed by atoms with Gasteiger partial charge >= 0.3 is 12.5 Å². The van der Waals surface area contributed by atoms with Crippen LogP contribution < -0.4 is 0 Å². The second-order valence-corrected chi connectivity index (χ2v) is 4.83. The van der Waals surface area contributed by atoms with Gasteiger partial charge in [-0.2, -0.15) is 8.78 Å². The number of likely N-dealkylation sites (tertiary alicyclic amines) is 1. The summed E-state index contributed by atoms with van der Waals surface area (Å²) in [6, 6.07) is 0. The number of carbonyl (C=O) groups excluding carboxylic acids is 1. The number of esters is 1. The molecule has 1 aromatic heterocycles. The molecule has 7 heteroatoms. The van der Waals surface area contributed by atoms with Crippen LogP contribution in [0.15, 0.2) is 12.4 Å². The minimum absolute atomic E-state index is 0.0685. The van der Waals surface area contributed by atoms with Crippen molar-refractivity contribution in [2.45, 2.75) is 32.9 Å². The van der Waals surface area contributed by atoms with Crippen LogP contribution in [0.3, 0.4) is 0 Å². The molecule has 2 heterocycles. The highest BCUT2D eigenvalue weighted by Crippen LogP contribution is 2.21. The summed E-state index contributed by atoms with van der Waals surface area (Å²) in [7, 11) is 0. The van der Waals surface area contributed by atoms with E-state index in [1.165, 1.54) is 12.4 Å². The summed E-state index contributed by atoms with van der Waals surface area (Å²) in [6.07, 6.45) is 4.07. The second-order valence-electron chi connectivity index (χ2n) is 4.83. The zero-order valence-corrected chi connectivity index (χ0v) is 11.5. The van der Waals surface area contributed by atoms with Gasteiger partial charge in [0.05, 0.1) is 19.1 Å². The molecule has 1 aliphatic rings. The van der Waals surface area contributed by atoms with Crippen LogP contribution in [0.2, 0.25) is 0 Å². The lowest BCUT2D eigenvalue weighted by Gasteiger charge is -2.30. The summed E-state index contributed by atoms with van der Waals surface area (Å²) < 4.78 is 31.3. The summed E-state index contributed by atoms with van der Waals surface area (Å²) in [5.74, 6) is 0.136. The summed E-state index contributed by atoms with van der Waals surface area (Å²) in [4.78, 5) is 17.6. The number of nitrogens with zero attached hydrogens (tertiary/aromatic N) is 3. The topological polar surface area (TPSA) is 47.4 Å². The normalized spacial score (nSPS) is 17.6. The van der Waals surface area contributed by atoms with Crippen molar-refractivity contribution in [1.82, 2.24) is 14.5 Å². The molecular weight excluding hydrogens is 268 g/mol. The quantitative estimate of drug-likeness (QED) is 0.778. The van der Waals surface area contributed by atoms with Crippen molar-refractivity contribution in [3.63, 3.8) is 0 Å². The third-order valence-corrected chi connectivity index (χ3v) is 3.53. The number of imidazole rings is 1. The first-order valence-corrected chi connectivity index (χ1v) is 6.80. The number of hydrogen-bond donors (Lipinski definition) is 0. The molecule has 1 fully saturated rings. The zero-order valence-electron chi connectivity index (χ0n) is 11.5. The van der Waals surface area contributed by atoms with Gasteiger partial charge in [0.1, 0.15) is 5.82 Å². The van der Waals surface area contributed by atoms with Crippen LogP contribution in [0, 0.1) is 5.92 Å². The van der Waals surface area contributed by atoms with E-state index in [1.54, 1.807) is 6.92 Å². The molecule has 1 aliphatic heterocycles. The van der Waals surface area contributed by atoms with Gasteiger partial charge in [0.2, 0.25) is 0 Å². The highest BCUT2D eigenvalue weighted by molar-refractivity contribution is 5.72. The molecule has 0 unspecified atom stereocenters. The first-order valence-electron chi connectivity index (χ1n) is 6.80. The predicted molar refractivity (Wildman–Crippen MR) is 68.1 cm³/mol. The van der Waals surface area contributed by atoms with Crippen molar-refractivity contribution < 1.29 is 18.3 Å². The number of halogens is 2. The SMILES string of the molecule is CCOC(=O)C1CCN(Cc2nccn2C(F)F)CC1. The Morgan fingerprint density at radius 1 is 1.50 bits per heavy atom. The summed E-state index contributed by atoms with van der Waals surface area (Å²) >= 11 is 0. The van der Waals surface area contributed by atoms with Gasteiger partial charge in [-0.05, 0) is 32.9 Å².